The van der Waals surface area contributed by atoms with Crippen LogP contribution in [0.1, 0.15) is 17.4 Å². The summed E-state index contributed by atoms with van der Waals surface area (Å²) in [6, 6.07) is 18.2. The molecule has 1 aliphatic heterocycles. The van der Waals surface area contributed by atoms with E-state index >= 15 is 0 Å². The number of rotatable bonds is 1. The Kier molecular flexibility index (Phi) is 2.57. The Labute approximate surface area is 101 Å². The summed E-state index contributed by atoms with van der Waals surface area (Å²) in [6.45, 7) is 0.863. The molecule has 1 heterocycles. The van der Waals surface area contributed by atoms with Gasteiger partial charge >= 0.3 is 0 Å². The third-order valence-electron chi connectivity index (χ3n) is 3.34. The highest BCUT2D eigenvalue weighted by Gasteiger charge is 2.24. The van der Waals surface area contributed by atoms with Gasteiger partial charge in [0.05, 0.1) is 0 Å². The molecule has 0 radical (unpaired) electrons. The van der Waals surface area contributed by atoms with Crippen LogP contribution in [0.4, 0.5) is 5.69 Å². The van der Waals surface area contributed by atoms with Gasteiger partial charge in [-0.1, -0.05) is 42.5 Å². The number of hydrogen-bond donors (Lipinski definition) is 1. The zero-order valence-electron chi connectivity index (χ0n) is 9.58. The van der Waals surface area contributed by atoms with Gasteiger partial charge in [0.15, 0.2) is 6.23 Å². The molecule has 0 saturated carbocycles. The zero-order valence-corrected chi connectivity index (χ0v) is 9.58. The number of benzene rings is 2. The molecule has 0 aromatic heterocycles. The molecule has 1 atom stereocenters. The number of anilines is 1. The van der Waals surface area contributed by atoms with E-state index < -0.39 is 6.23 Å². The first-order chi connectivity index (χ1) is 8.36. The van der Waals surface area contributed by atoms with Crippen molar-refractivity contribution in [1.29, 1.82) is 0 Å². The van der Waals surface area contributed by atoms with E-state index in [-0.39, 0.29) is 0 Å². The van der Waals surface area contributed by atoms with Gasteiger partial charge < -0.3 is 10.0 Å². The van der Waals surface area contributed by atoms with Crippen LogP contribution < -0.4 is 4.90 Å². The molecule has 2 nitrogen and oxygen atoms in total. The highest BCUT2D eigenvalue weighted by Crippen LogP contribution is 2.31. The van der Waals surface area contributed by atoms with Crippen LogP contribution in [0.5, 0.6) is 0 Å². The average Bonchev–Trinajstić information content (AvgIpc) is 2.40. The summed E-state index contributed by atoms with van der Waals surface area (Å²) in [5.41, 5.74) is 3.37. The molecule has 3 rings (SSSR count). The highest BCUT2D eigenvalue weighted by molar-refractivity contribution is 5.50. The molecular formula is C15H15NO. The quantitative estimate of drug-likeness (QED) is 0.806. The van der Waals surface area contributed by atoms with Crippen LogP contribution in [0.2, 0.25) is 0 Å². The van der Waals surface area contributed by atoms with Crippen molar-refractivity contribution in [3.63, 3.8) is 0 Å². The minimum absolute atomic E-state index is 0.526. The Morgan fingerprint density at radius 3 is 2.47 bits per heavy atom. The number of nitrogens with zero attached hydrogens (tertiary/aromatic N) is 1. The normalized spacial score (nSPS) is 18.9. The molecule has 86 valence electrons. The fraction of sp³-hybridized carbons (Fsp3) is 0.200. The first kappa shape index (κ1) is 10.4. The lowest BCUT2D eigenvalue weighted by Gasteiger charge is -2.35. The third-order valence-corrected chi connectivity index (χ3v) is 3.34. The topological polar surface area (TPSA) is 23.5 Å². The summed E-state index contributed by atoms with van der Waals surface area (Å²) in [6.07, 6.45) is 0.463. The van der Waals surface area contributed by atoms with Crippen molar-refractivity contribution in [2.45, 2.75) is 12.6 Å². The van der Waals surface area contributed by atoms with E-state index in [1.807, 2.05) is 53.4 Å². The first-order valence-corrected chi connectivity index (χ1v) is 5.94. The van der Waals surface area contributed by atoms with Gasteiger partial charge in [0.25, 0.3) is 0 Å². The summed E-state index contributed by atoms with van der Waals surface area (Å²) in [5, 5.41) is 10.4. The van der Waals surface area contributed by atoms with Gasteiger partial charge in [-0.25, -0.2) is 0 Å². The second-order valence-corrected chi connectivity index (χ2v) is 4.35. The maximum absolute atomic E-state index is 10.4. The van der Waals surface area contributed by atoms with Crippen molar-refractivity contribution in [3.05, 3.63) is 65.7 Å². The summed E-state index contributed by atoms with van der Waals surface area (Å²) < 4.78 is 0. The molecule has 0 amide bonds. The van der Waals surface area contributed by atoms with Crippen LogP contribution >= 0.6 is 0 Å². The Morgan fingerprint density at radius 1 is 0.941 bits per heavy atom. The minimum Gasteiger partial charge on any atom is -0.369 e. The molecule has 2 heteroatoms. The van der Waals surface area contributed by atoms with Crippen molar-refractivity contribution in [1.82, 2.24) is 0 Å². The largest absolute Gasteiger partial charge is 0.369 e. The smallest absolute Gasteiger partial charge is 0.153 e. The molecule has 0 saturated heterocycles. The second kappa shape index (κ2) is 4.22. The predicted molar refractivity (Wildman–Crippen MR) is 68.9 cm³/mol. The second-order valence-electron chi connectivity index (χ2n) is 4.35. The number of hydrogen-bond acceptors (Lipinski definition) is 2. The highest BCUT2D eigenvalue weighted by atomic mass is 16.3. The van der Waals surface area contributed by atoms with Gasteiger partial charge in [-0.05, 0) is 24.1 Å². The van der Waals surface area contributed by atoms with Gasteiger partial charge in [-0.15, -0.1) is 0 Å². The molecule has 0 aliphatic carbocycles. The number of aliphatic hydroxyl groups excluding tert-OH is 1. The minimum atomic E-state index is -0.526. The Morgan fingerprint density at radius 2 is 1.65 bits per heavy atom. The standard InChI is InChI=1S/C15H15NO/c17-15-14-9-5-4-6-12(14)10-11-16(15)13-7-2-1-3-8-13/h1-9,15,17H,10-11H2. The molecule has 2 aromatic carbocycles. The third kappa shape index (κ3) is 1.81. The average molecular weight is 225 g/mol. The van der Waals surface area contributed by atoms with Crippen molar-refractivity contribution < 1.29 is 5.11 Å². The lowest BCUT2D eigenvalue weighted by Crippen LogP contribution is -2.35. The van der Waals surface area contributed by atoms with Gasteiger partial charge in [0.1, 0.15) is 0 Å². The van der Waals surface area contributed by atoms with Crippen LogP contribution in [0.25, 0.3) is 0 Å². The van der Waals surface area contributed by atoms with Crippen molar-refractivity contribution >= 4 is 5.69 Å². The Bertz CT molecular complexity index is 509. The molecule has 0 bridgehead atoms. The number of fused-ring (bicyclic) bond motifs is 1. The molecule has 1 N–H and O–H groups in total. The lowest BCUT2D eigenvalue weighted by atomic mass is 9.98. The van der Waals surface area contributed by atoms with Gasteiger partial charge in [0, 0.05) is 17.8 Å². The van der Waals surface area contributed by atoms with Crippen LogP contribution in [0, 0.1) is 0 Å². The predicted octanol–water partition coefficient (Wildman–Crippen LogP) is 2.74. The molecule has 0 spiro atoms. The molecule has 1 aliphatic rings. The molecular weight excluding hydrogens is 210 g/mol. The van der Waals surface area contributed by atoms with E-state index in [0.717, 1.165) is 24.2 Å². The lowest BCUT2D eigenvalue weighted by molar-refractivity contribution is 0.164. The van der Waals surface area contributed by atoms with E-state index in [2.05, 4.69) is 6.07 Å². The first-order valence-electron chi connectivity index (χ1n) is 5.94. The SMILES string of the molecule is OC1c2ccccc2CCN1c1ccccc1. The molecule has 2 aromatic rings. The van der Waals surface area contributed by atoms with Gasteiger partial charge in [0.2, 0.25) is 0 Å². The van der Waals surface area contributed by atoms with Crippen LogP contribution in [0.3, 0.4) is 0 Å². The van der Waals surface area contributed by atoms with E-state index in [9.17, 15) is 5.11 Å². The van der Waals surface area contributed by atoms with Crippen LogP contribution in [-0.2, 0) is 6.42 Å². The number of para-hydroxylation sites is 1. The van der Waals surface area contributed by atoms with Gasteiger partial charge in [-0.2, -0.15) is 0 Å². The monoisotopic (exact) mass is 225 g/mol. The fourth-order valence-electron chi connectivity index (χ4n) is 2.43. The van der Waals surface area contributed by atoms with Crippen molar-refractivity contribution in [2.75, 3.05) is 11.4 Å². The summed E-state index contributed by atoms with van der Waals surface area (Å²) in [7, 11) is 0. The van der Waals surface area contributed by atoms with Crippen molar-refractivity contribution in [3.8, 4) is 0 Å². The van der Waals surface area contributed by atoms with Gasteiger partial charge in [-0.3, -0.25) is 0 Å². The molecule has 1 unspecified atom stereocenters. The summed E-state index contributed by atoms with van der Waals surface area (Å²) >= 11 is 0. The van der Waals surface area contributed by atoms with E-state index in [0.29, 0.717) is 0 Å². The zero-order chi connectivity index (χ0) is 11.7. The molecule has 17 heavy (non-hydrogen) atoms. The Hall–Kier alpha value is -1.80. The van der Waals surface area contributed by atoms with E-state index in [4.69, 9.17) is 0 Å². The van der Waals surface area contributed by atoms with Crippen LogP contribution in [-0.4, -0.2) is 11.7 Å². The number of aliphatic hydroxyl groups is 1. The maximum Gasteiger partial charge on any atom is 0.153 e. The van der Waals surface area contributed by atoms with Crippen molar-refractivity contribution in [2.24, 2.45) is 0 Å². The maximum atomic E-state index is 10.4. The summed E-state index contributed by atoms with van der Waals surface area (Å²) in [4.78, 5) is 2.04. The molecule has 0 fully saturated rings. The van der Waals surface area contributed by atoms with E-state index in [1.165, 1.54) is 5.56 Å². The van der Waals surface area contributed by atoms with Crippen LogP contribution in [0.15, 0.2) is 54.6 Å². The van der Waals surface area contributed by atoms with E-state index in [1.54, 1.807) is 0 Å². The fourth-order valence-corrected chi connectivity index (χ4v) is 2.43. The Balaban J connectivity index is 1.97. The summed E-state index contributed by atoms with van der Waals surface area (Å²) in [5.74, 6) is 0.